The van der Waals surface area contributed by atoms with Crippen molar-refractivity contribution < 1.29 is 17.9 Å². The van der Waals surface area contributed by atoms with Crippen LogP contribution in [-0.4, -0.2) is 49.5 Å². The number of sulfonamides is 1. The van der Waals surface area contributed by atoms with Crippen LogP contribution in [0, 0.1) is 6.92 Å². The number of thiazole rings is 1. The third-order valence-electron chi connectivity index (χ3n) is 5.30. The predicted octanol–water partition coefficient (Wildman–Crippen LogP) is 2.66. The normalized spacial score (nSPS) is 15.3. The number of fused-ring (bicyclic) bond motifs is 1. The number of hydrogen-bond acceptors (Lipinski definition) is 6. The average Bonchev–Trinajstić information content (AvgIpc) is 3.08. The minimum absolute atomic E-state index is 0.0437. The molecule has 0 spiro atoms. The fourth-order valence-electron chi connectivity index (χ4n) is 3.58. The Morgan fingerprint density at radius 2 is 1.90 bits per heavy atom. The number of anilines is 1. The van der Waals surface area contributed by atoms with Crippen molar-refractivity contribution in [3.63, 3.8) is 0 Å². The van der Waals surface area contributed by atoms with Crippen LogP contribution in [0.1, 0.15) is 22.8 Å². The molecule has 31 heavy (non-hydrogen) atoms. The van der Waals surface area contributed by atoms with Gasteiger partial charge in [0.25, 0.3) is 5.91 Å². The molecule has 1 aliphatic heterocycles. The van der Waals surface area contributed by atoms with Crippen LogP contribution in [0.2, 0.25) is 0 Å². The molecule has 1 amide bonds. The van der Waals surface area contributed by atoms with Gasteiger partial charge in [0.1, 0.15) is 0 Å². The standard InChI is InChI=1S/C21H23N3O5S2/c1-3-24-18-7-5-15(12-19(18)30-21(24)26)22-20(25)17-13-16(6-4-14(17)2)31(27,28)23-8-10-29-11-9-23/h4-7,12-13H,3,8-11H2,1-2H3,(H,22,25). The lowest BCUT2D eigenvalue weighted by Gasteiger charge is -2.26. The molecule has 0 atom stereocenters. The van der Waals surface area contributed by atoms with Crippen molar-refractivity contribution >= 4 is 43.2 Å². The van der Waals surface area contributed by atoms with Gasteiger partial charge in [-0.3, -0.25) is 14.2 Å². The number of ether oxygens (including phenoxy) is 1. The van der Waals surface area contributed by atoms with Crippen molar-refractivity contribution in [1.82, 2.24) is 8.87 Å². The monoisotopic (exact) mass is 461 g/mol. The van der Waals surface area contributed by atoms with Gasteiger partial charge in [-0.25, -0.2) is 8.42 Å². The molecule has 3 aromatic rings. The minimum atomic E-state index is -3.70. The topological polar surface area (TPSA) is 97.7 Å². The number of benzene rings is 2. The molecule has 0 saturated carbocycles. The fourth-order valence-corrected chi connectivity index (χ4v) is 6.01. The van der Waals surface area contributed by atoms with E-state index in [0.29, 0.717) is 31.0 Å². The number of nitrogens with zero attached hydrogens (tertiary/aromatic N) is 2. The van der Waals surface area contributed by atoms with E-state index in [0.717, 1.165) is 21.6 Å². The molecule has 1 aliphatic rings. The summed E-state index contributed by atoms with van der Waals surface area (Å²) in [5.41, 5.74) is 2.32. The zero-order valence-electron chi connectivity index (χ0n) is 17.3. The minimum Gasteiger partial charge on any atom is -0.379 e. The second kappa shape index (κ2) is 8.54. The molecule has 1 saturated heterocycles. The van der Waals surface area contributed by atoms with Crippen LogP contribution < -0.4 is 10.2 Å². The Bertz CT molecular complexity index is 1300. The first-order valence-corrected chi connectivity index (χ1v) is 12.2. The van der Waals surface area contributed by atoms with E-state index in [9.17, 15) is 18.0 Å². The van der Waals surface area contributed by atoms with Gasteiger partial charge in [0, 0.05) is 30.9 Å². The van der Waals surface area contributed by atoms with E-state index in [2.05, 4.69) is 5.32 Å². The van der Waals surface area contributed by atoms with Gasteiger partial charge in [0.15, 0.2) is 0 Å². The number of morpholine rings is 1. The summed E-state index contributed by atoms with van der Waals surface area (Å²) in [4.78, 5) is 25.0. The summed E-state index contributed by atoms with van der Waals surface area (Å²) in [6.07, 6.45) is 0. The average molecular weight is 462 g/mol. The molecule has 4 rings (SSSR count). The van der Waals surface area contributed by atoms with Gasteiger partial charge in [-0.1, -0.05) is 17.4 Å². The van der Waals surface area contributed by atoms with Gasteiger partial charge < -0.3 is 10.1 Å². The van der Waals surface area contributed by atoms with Crippen molar-refractivity contribution in [3.8, 4) is 0 Å². The van der Waals surface area contributed by atoms with E-state index < -0.39 is 15.9 Å². The molecule has 0 radical (unpaired) electrons. The quantitative estimate of drug-likeness (QED) is 0.630. The maximum atomic E-state index is 13.0. The Hall–Kier alpha value is -2.53. The van der Waals surface area contributed by atoms with Crippen molar-refractivity contribution in [2.24, 2.45) is 0 Å². The predicted molar refractivity (Wildman–Crippen MR) is 120 cm³/mol. The van der Waals surface area contributed by atoms with Crippen LogP contribution in [0.4, 0.5) is 5.69 Å². The highest BCUT2D eigenvalue weighted by Gasteiger charge is 2.27. The Morgan fingerprint density at radius 1 is 1.16 bits per heavy atom. The molecule has 164 valence electrons. The number of hydrogen-bond donors (Lipinski definition) is 1. The summed E-state index contributed by atoms with van der Waals surface area (Å²) in [7, 11) is -3.70. The van der Waals surface area contributed by atoms with Gasteiger partial charge >= 0.3 is 4.87 Å². The lowest BCUT2D eigenvalue weighted by Crippen LogP contribution is -2.40. The van der Waals surface area contributed by atoms with Crippen LogP contribution in [-0.2, 0) is 21.3 Å². The first kappa shape index (κ1) is 21.7. The maximum Gasteiger partial charge on any atom is 0.308 e. The highest BCUT2D eigenvalue weighted by Crippen LogP contribution is 2.24. The van der Waals surface area contributed by atoms with E-state index >= 15 is 0 Å². The summed E-state index contributed by atoms with van der Waals surface area (Å²) in [5.74, 6) is -0.404. The summed E-state index contributed by atoms with van der Waals surface area (Å²) in [5, 5.41) is 2.82. The highest BCUT2D eigenvalue weighted by atomic mass is 32.2. The maximum absolute atomic E-state index is 13.0. The molecule has 2 aromatic carbocycles. The number of carbonyl (C=O) groups is 1. The third kappa shape index (κ3) is 4.16. The molecule has 0 bridgehead atoms. The smallest absolute Gasteiger partial charge is 0.308 e. The zero-order valence-corrected chi connectivity index (χ0v) is 18.9. The molecule has 2 heterocycles. The Labute approximate surface area is 184 Å². The third-order valence-corrected chi connectivity index (χ3v) is 8.14. The van der Waals surface area contributed by atoms with Crippen molar-refractivity contribution in [1.29, 1.82) is 0 Å². The summed E-state index contributed by atoms with van der Waals surface area (Å²) in [6, 6.07) is 9.88. The largest absolute Gasteiger partial charge is 0.379 e. The van der Waals surface area contributed by atoms with Gasteiger partial charge in [-0.05, 0) is 49.7 Å². The van der Waals surface area contributed by atoms with Crippen molar-refractivity contribution in [2.45, 2.75) is 25.3 Å². The molecular weight excluding hydrogens is 438 g/mol. The van der Waals surface area contributed by atoms with Gasteiger partial charge in [-0.2, -0.15) is 4.31 Å². The number of nitrogens with one attached hydrogen (secondary N) is 1. The van der Waals surface area contributed by atoms with E-state index in [1.165, 1.54) is 16.4 Å². The lowest BCUT2D eigenvalue weighted by atomic mass is 10.1. The van der Waals surface area contributed by atoms with E-state index in [-0.39, 0.29) is 28.4 Å². The SMILES string of the molecule is CCn1c(=O)sc2cc(NC(=O)c3cc(S(=O)(=O)N4CCOCC4)ccc3C)ccc21. The Balaban J connectivity index is 1.62. The molecule has 8 nitrogen and oxygen atoms in total. The van der Waals surface area contributed by atoms with Crippen molar-refractivity contribution in [2.75, 3.05) is 31.6 Å². The van der Waals surface area contributed by atoms with Gasteiger partial charge in [-0.15, -0.1) is 0 Å². The second-order valence-electron chi connectivity index (χ2n) is 7.24. The van der Waals surface area contributed by atoms with Crippen LogP contribution >= 0.6 is 11.3 Å². The molecule has 1 N–H and O–H groups in total. The van der Waals surface area contributed by atoms with E-state index in [1.807, 2.05) is 6.92 Å². The summed E-state index contributed by atoms with van der Waals surface area (Å²) in [6.45, 7) is 5.53. The van der Waals surface area contributed by atoms with E-state index in [4.69, 9.17) is 4.74 Å². The number of aryl methyl sites for hydroxylation is 2. The fraction of sp³-hybridized carbons (Fsp3) is 0.333. The van der Waals surface area contributed by atoms with Gasteiger partial charge in [0.05, 0.1) is 28.3 Å². The van der Waals surface area contributed by atoms with Crippen LogP contribution in [0.3, 0.4) is 0 Å². The van der Waals surface area contributed by atoms with Crippen molar-refractivity contribution in [3.05, 3.63) is 57.2 Å². The molecular formula is C21H23N3O5S2. The Morgan fingerprint density at radius 3 is 2.61 bits per heavy atom. The number of amides is 1. The lowest BCUT2D eigenvalue weighted by molar-refractivity contribution is 0.0730. The molecule has 1 aromatic heterocycles. The van der Waals surface area contributed by atoms with Gasteiger partial charge in [0.2, 0.25) is 10.0 Å². The summed E-state index contributed by atoms with van der Waals surface area (Å²) < 4.78 is 35.0. The number of carbonyl (C=O) groups excluding carboxylic acids is 1. The zero-order chi connectivity index (χ0) is 22.2. The molecule has 0 aliphatic carbocycles. The van der Waals surface area contributed by atoms with Crippen LogP contribution in [0.5, 0.6) is 0 Å². The summed E-state index contributed by atoms with van der Waals surface area (Å²) >= 11 is 1.13. The first-order chi connectivity index (χ1) is 14.8. The van der Waals surface area contributed by atoms with Crippen LogP contribution in [0.25, 0.3) is 10.2 Å². The molecule has 1 fully saturated rings. The first-order valence-electron chi connectivity index (χ1n) is 9.94. The highest BCUT2D eigenvalue weighted by molar-refractivity contribution is 7.89. The van der Waals surface area contributed by atoms with E-state index in [1.54, 1.807) is 35.8 Å². The Kier molecular flexibility index (Phi) is 5.98. The second-order valence-corrected chi connectivity index (χ2v) is 10.2. The molecule has 0 unspecified atom stereocenters. The molecule has 10 heteroatoms. The number of aromatic nitrogens is 1. The van der Waals surface area contributed by atoms with Crippen LogP contribution in [0.15, 0.2) is 46.1 Å². The number of rotatable bonds is 5.